The second-order valence-corrected chi connectivity index (χ2v) is 10.6. The standard InChI is InChI=1S/C22H28AsNO3/c1-3-14-7-17-9-19(10-18(17)8-15(14)4-2)23-12-22(27)16-5-6-21(26)20(11-16)24-13-25/h5-8,11,13,19,22-23,26-27H,3-4,9-10,12H2,1-2H3,(H,24,25). The van der Waals surface area contributed by atoms with Gasteiger partial charge in [0.25, 0.3) is 0 Å². The molecule has 4 nitrogen and oxygen atoms in total. The zero-order valence-electron chi connectivity index (χ0n) is 16.0. The van der Waals surface area contributed by atoms with Gasteiger partial charge in [-0.25, -0.2) is 0 Å². The molecule has 5 heteroatoms. The minimum atomic E-state index is -0.543. The van der Waals surface area contributed by atoms with Crippen LogP contribution in [0.1, 0.15) is 47.8 Å². The van der Waals surface area contributed by atoms with Crippen LogP contribution < -0.4 is 5.32 Å². The van der Waals surface area contributed by atoms with Crippen molar-refractivity contribution in [3.63, 3.8) is 0 Å². The summed E-state index contributed by atoms with van der Waals surface area (Å²) in [6, 6.07) is 9.73. The van der Waals surface area contributed by atoms with E-state index in [1.165, 1.54) is 28.3 Å². The Labute approximate surface area is 167 Å². The summed E-state index contributed by atoms with van der Waals surface area (Å²) < 4.78 is 0.691. The molecule has 2 unspecified atom stereocenters. The number of rotatable bonds is 8. The van der Waals surface area contributed by atoms with E-state index in [0.29, 0.717) is 16.8 Å². The van der Waals surface area contributed by atoms with Crippen LogP contribution in [0.2, 0.25) is 9.91 Å². The number of phenolic OH excluding ortho intramolecular Hbond substituents is 1. The normalized spacial score (nSPS) is 15.2. The number of hydrogen-bond acceptors (Lipinski definition) is 3. The van der Waals surface area contributed by atoms with E-state index in [4.69, 9.17) is 0 Å². The fraction of sp³-hybridized carbons (Fsp3) is 0.409. The van der Waals surface area contributed by atoms with Crippen molar-refractivity contribution in [2.45, 2.75) is 55.5 Å². The molecule has 1 amide bonds. The molecule has 0 radical (unpaired) electrons. The zero-order chi connectivity index (χ0) is 19.4. The number of carbonyl (C=O) groups excluding carboxylic acids is 1. The van der Waals surface area contributed by atoms with Gasteiger partial charge in [0.15, 0.2) is 0 Å². The molecule has 0 saturated heterocycles. The van der Waals surface area contributed by atoms with Gasteiger partial charge in [0.1, 0.15) is 0 Å². The first-order valence-electron chi connectivity index (χ1n) is 9.63. The Balaban J connectivity index is 1.62. The van der Waals surface area contributed by atoms with Crippen molar-refractivity contribution in [3.8, 4) is 5.75 Å². The second-order valence-electron chi connectivity index (χ2n) is 7.16. The van der Waals surface area contributed by atoms with Crippen molar-refractivity contribution < 1.29 is 15.0 Å². The summed E-state index contributed by atoms with van der Waals surface area (Å²) in [6.45, 7) is 4.45. The van der Waals surface area contributed by atoms with Gasteiger partial charge in [-0.05, 0) is 0 Å². The Kier molecular flexibility index (Phi) is 6.62. The van der Waals surface area contributed by atoms with Gasteiger partial charge in [-0.15, -0.1) is 0 Å². The molecule has 1 aliphatic rings. The molecule has 0 heterocycles. The van der Waals surface area contributed by atoms with E-state index in [2.05, 4.69) is 31.3 Å². The predicted molar refractivity (Wildman–Crippen MR) is 111 cm³/mol. The number of aliphatic hydroxyl groups excluding tert-OH is 1. The molecule has 0 fully saturated rings. The fourth-order valence-corrected chi connectivity index (χ4v) is 7.10. The number of benzene rings is 2. The SMILES string of the molecule is CCc1cc2c(cc1CC)CC([AsH]CC(O)c1ccc(O)c(NC=O)c1)C2. The molecule has 0 aliphatic heterocycles. The number of hydrogen-bond donors (Lipinski definition) is 3. The van der Waals surface area contributed by atoms with Crippen LogP contribution in [0, 0.1) is 0 Å². The Morgan fingerprint density at radius 3 is 2.33 bits per heavy atom. The average molecular weight is 429 g/mol. The molecule has 2 aromatic rings. The number of aliphatic hydroxyl groups is 1. The maximum atomic E-state index is 10.6. The van der Waals surface area contributed by atoms with Gasteiger partial charge in [-0.1, -0.05) is 0 Å². The molecule has 2 aromatic carbocycles. The van der Waals surface area contributed by atoms with E-state index in [1.54, 1.807) is 12.1 Å². The number of phenols is 1. The van der Waals surface area contributed by atoms with E-state index in [-0.39, 0.29) is 21.5 Å². The van der Waals surface area contributed by atoms with Crippen molar-refractivity contribution in [1.82, 2.24) is 0 Å². The Morgan fingerprint density at radius 2 is 1.78 bits per heavy atom. The molecule has 144 valence electrons. The second kappa shape index (κ2) is 8.95. The van der Waals surface area contributed by atoms with E-state index in [1.807, 2.05) is 0 Å². The topological polar surface area (TPSA) is 69.6 Å². The summed E-state index contributed by atoms with van der Waals surface area (Å²) in [5.41, 5.74) is 7.07. The van der Waals surface area contributed by atoms with Crippen molar-refractivity contribution in [2.24, 2.45) is 0 Å². The van der Waals surface area contributed by atoms with Crippen LogP contribution in [-0.4, -0.2) is 32.4 Å². The van der Waals surface area contributed by atoms with Gasteiger partial charge >= 0.3 is 168 Å². The van der Waals surface area contributed by atoms with Crippen LogP contribution >= 0.6 is 0 Å². The molecule has 3 rings (SSSR count). The van der Waals surface area contributed by atoms with Crippen molar-refractivity contribution in [1.29, 1.82) is 0 Å². The average Bonchev–Trinajstić information content (AvgIpc) is 3.08. The van der Waals surface area contributed by atoms with Crippen LogP contribution in [0.15, 0.2) is 30.3 Å². The van der Waals surface area contributed by atoms with E-state index < -0.39 is 6.10 Å². The first kappa shape index (κ1) is 20.0. The van der Waals surface area contributed by atoms with Gasteiger partial charge in [-0.3, -0.25) is 0 Å². The van der Waals surface area contributed by atoms with E-state index in [0.717, 1.165) is 36.5 Å². The molecule has 0 aromatic heterocycles. The number of amides is 1. The quantitative estimate of drug-likeness (QED) is 0.342. The Bertz CT molecular complexity index is 788. The van der Waals surface area contributed by atoms with Crippen molar-refractivity contribution in [3.05, 3.63) is 58.1 Å². The first-order valence-corrected chi connectivity index (χ1v) is 12.3. The van der Waals surface area contributed by atoms with Crippen LogP contribution in [0.5, 0.6) is 5.75 Å². The summed E-state index contributed by atoms with van der Waals surface area (Å²) in [5, 5.41) is 23.6. The van der Waals surface area contributed by atoms with Crippen LogP contribution in [0.3, 0.4) is 0 Å². The monoisotopic (exact) mass is 429 g/mol. The third kappa shape index (κ3) is 4.56. The molecule has 2 atom stereocenters. The van der Waals surface area contributed by atoms with Gasteiger partial charge in [0.05, 0.1) is 0 Å². The number of anilines is 1. The Hall–Kier alpha value is -1.77. The third-order valence-electron chi connectivity index (χ3n) is 5.44. The van der Waals surface area contributed by atoms with Crippen LogP contribution in [0.25, 0.3) is 0 Å². The number of carbonyl (C=O) groups is 1. The molecular weight excluding hydrogens is 401 g/mol. The summed E-state index contributed by atoms with van der Waals surface area (Å²) in [4.78, 5) is 10.6. The summed E-state index contributed by atoms with van der Waals surface area (Å²) in [7, 11) is 0. The number of nitrogens with one attached hydrogen (secondary N) is 1. The van der Waals surface area contributed by atoms with Gasteiger partial charge in [0, 0.05) is 0 Å². The summed E-state index contributed by atoms with van der Waals surface area (Å²) >= 11 is -0.301. The van der Waals surface area contributed by atoms with E-state index in [9.17, 15) is 15.0 Å². The zero-order valence-corrected chi connectivity index (χ0v) is 18.1. The molecule has 0 saturated carbocycles. The van der Waals surface area contributed by atoms with Gasteiger partial charge < -0.3 is 0 Å². The first-order chi connectivity index (χ1) is 13.0. The maximum absolute atomic E-state index is 10.6. The fourth-order valence-electron chi connectivity index (χ4n) is 3.91. The number of aromatic hydroxyl groups is 1. The minimum absolute atomic E-state index is 0.0127. The molecular formula is C22H28AsNO3. The van der Waals surface area contributed by atoms with Crippen LogP contribution in [-0.2, 0) is 30.5 Å². The molecule has 1 aliphatic carbocycles. The van der Waals surface area contributed by atoms with Gasteiger partial charge in [-0.2, -0.15) is 0 Å². The molecule has 0 spiro atoms. The van der Waals surface area contributed by atoms with E-state index >= 15 is 0 Å². The molecule has 27 heavy (non-hydrogen) atoms. The summed E-state index contributed by atoms with van der Waals surface area (Å²) in [5.74, 6) is 0.0127. The number of aryl methyl sites for hydroxylation is 2. The predicted octanol–water partition coefficient (Wildman–Crippen LogP) is 3.56. The van der Waals surface area contributed by atoms with Crippen LogP contribution in [0.4, 0.5) is 5.69 Å². The van der Waals surface area contributed by atoms with Crippen molar-refractivity contribution >= 4 is 27.8 Å². The number of fused-ring (bicyclic) bond motifs is 1. The molecule has 3 N–H and O–H groups in total. The summed E-state index contributed by atoms with van der Waals surface area (Å²) in [6.07, 6.45) is 4.46. The van der Waals surface area contributed by atoms with Gasteiger partial charge in [0.2, 0.25) is 0 Å². The third-order valence-corrected chi connectivity index (χ3v) is 8.81. The molecule has 0 bridgehead atoms. The van der Waals surface area contributed by atoms with Crippen molar-refractivity contribution in [2.75, 3.05) is 5.32 Å². The Morgan fingerprint density at radius 1 is 1.15 bits per heavy atom.